The van der Waals surface area contributed by atoms with Gasteiger partial charge in [0, 0.05) is 10.2 Å². The van der Waals surface area contributed by atoms with Crippen LogP contribution in [0.3, 0.4) is 0 Å². The minimum atomic E-state index is -3.22. The van der Waals surface area contributed by atoms with E-state index in [2.05, 4.69) is 26.2 Å². The van der Waals surface area contributed by atoms with Crippen LogP contribution in [0, 0.1) is 5.82 Å². The number of benzene rings is 2. The van der Waals surface area contributed by atoms with E-state index < -0.39 is 27.7 Å². The molecule has 2 heterocycles. The standard InChI is InChI=1S/C19H17BrFN3O3S2/c20-12-5-7-13(8-6-12)22-18(25)9-28-19-23-15-10-29(26,27)11-17(15)24(19)16-4-2-1-3-14(16)21/h1-8,15,17H,9-11H2,(H,22,25). The first kappa shape index (κ1) is 20.4. The highest BCUT2D eigenvalue weighted by Gasteiger charge is 2.47. The Morgan fingerprint density at radius 1 is 1.21 bits per heavy atom. The highest BCUT2D eigenvalue weighted by Crippen LogP contribution is 2.36. The number of para-hydroxylation sites is 1. The molecule has 0 aromatic heterocycles. The molecule has 10 heteroatoms. The van der Waals surface area contributed by atoms with Gasteiger partial charge in [0.15, 0.2) is 15.0 Å². The van der Waals surface area contributed by atoms with Crippen LogP contribution in [-0.2, 0) is 14.6 Å². The van der Waals surface area contributed by atoms with Gasteiger partial charge in [-0.3, -0.25) is 9.79 Å². The number of rotatable bonds is 4. The average Bonchev–Trinajstić information content (AvgIpc) is 3.13. The summed E-state index contributed by atoms with van der Waals surface area (Å²) in [4.78, 5) is 18.5. The minimum Gasteiger partial charge on any atom is -0.325 e. The monoisotopic (exact) mass is 497 g/mol. The van der Waals surface area contributed by atoms with E-state index in [1.807, 2.05) is 12.1 Å². The van der Waals surface area contributed by atoms with Crippen LogP contribution in [0.4, 0.5) is 15.8 Å². The summed E-state index contributed by atoms with van der Waals surface area (Å²) in [6, 6.07) is 12.5. The van der Waals surface area contributed by atoms with Crippen LogP contribution in [0.25, 0.3) is 0 Å². The third-order valence-corrected chi connectivity index (χ3v) is 7.87. The van der Waals surface area contributed by atoms with Crippen molar-refractivity contribution in [2.75, 3.05) is 27.5 Å². The molecule has 152 valence electrons. The van der Waals surface area contributed by atoms with Crippen molar-refractivity contribution >= 4 is 60.0 Å². The predicted molar refractivity (Wildman–Crippen MR) is 118 cm³/mol. The molecule has 2 aliphatic heterocycles. The van der Waals surface area contributed by atoms with Crippen LogP contribution in [0.15, 0.2) is 58.0 Å². The SMILES string of the molecule is O=C(CSC1=NC2CS(=O)(=O)CC2N1c1ccccc1F)Nc1ccc(Br)cc1. The van der Waals surface area contributed by atoms with Gasteiger partial charge in [-0.15, -0.1) is 0 Å². The Hall–Kier alpha value is -1.91. The summed E-state index contributed by atoms with van der Waals surface area (Å²) in [5.41, 5.74) is 0.942. The zero-order valence-electron chi connectivity index (χ0n) is 15.1. The maximum atomic E-state index is 14.4. The Kier molecular flexibility index (Phi) is 5.67. The first-order valence-corrected chi connectivity index (χ1v) is 12.4. The van der Waals surface area contributed by atoms with Gasteiger partial charge in [-0.25, -0.2) is 12.8 Å². The van der Waals surface area contributed by atoms with Gasteiger partial charge >= 0.3 is 0 Å². The second kappa shape index (κ2) is 8.08. The molecule has 0 aliphatic carbocycles. The lowest BCUT2D eigenvalue weighted by atomic mass is 10.1. The molecule has 2 aromatic rings. The highest BCUT2D eigenvalue weighted by atomic mass is 79.9. The summed E-state index contributed by atoms with van der Waals surface area (Å²) in [6.45, 7) is 0. The lowest BCUT2D eigenvalue weighted by molar-refractivity contribution is -0.113. The van der Waals surface area contributed by atoms with Gasteiger partial charge in [0.2, 0.25) is 5.91 Å². The van der Waals surface area contributed by atoms with E-state index in [0.29, 0.717) is 10.9 Å². The molecule has 1 N–H and O–H groups in total. The van der Waals surface area contributed by atoms with Crippen molar-refractivity contribution in [3.63, 3.8) is 0 Å². The Bertz CT molecular complexity index is 1080. The van der Waals surface area contributed by atoms with E-state index in [1.165, 1.54) is 17.8 Å². The number of hydrogen-bond acceptors (Lipinski definition) is 6. The number of carbonyl (C=O) groups is 1. The van der Waals surface area contributed by atoms with Gasteiger partial charge in [-0.2, -0.15) is 0 Å². The van der Waals surface area contributed by atoms with Crippen LogP contribution in [0.5, 0.6) is 0 Å². The van der Waals surface area contributed by atoms with E-state index in [-0.39, 0.29) is 28.9 Å². The van der Waals surface area contributed by atoms with Crippen LogP contribution >= 0.6 is 27.7 Å². The Morgan fingerprint density at radius 2 is 1.93 bits per heavy atom. The number of aliphatic imine (C=N–C) groups is 1. The number of amidine groups is 1. The van der Waals surface area contributed by atoms with E-state index >= 15 is 0 Å². The normalized spacial score (nSPS) is 22.3. The van der Waals surface area contributed by atoms with Crippen molar-refractivity contribution in [1.82, 2.24) is 0 Å². The number of anilines is 2. The first-order valence-electron chi connectivity index (χ1n) is 8.82. The molecule has 0 saturated carbocycles. The average molecular weight is 498 g/mol. The zero-order chi connectivity index (χ0) is 20.6. The van der Waals surface area contributed by atoms with Crippen molar-refractivity contribution in [1.29, 1.82) is 0 Å². The molecule has 4 rings (SSSR count). The number of hydrogen-bond donors (Lipinski definition) is 1. The molecule has 2 aromatic carbocycles. The van der Waals surface area contributed by atoms with Crippen LogP contribution in [-0.4, -0.2) is 48.8 Å². The molecule has 29 heavy (non-hydrogen) atoms. The summed E-state index contributed by atoms with van der Waals surface area (Å²) in [5.74, 6) is -0.739. The molecular formula is C19H17BrFN3O3S2. The lowest BCUT2D eigenvalue weighted by Crippen LogP contribution is -2.40. The smallest absolute Gasteiger partial charge is 0.234 e. The number of nitrogens with one attached hydrogen (secondary N) is 1. The van der Waals surface area contributed by atoms with Gasteiger partial charge < -0.3 is 10.2 Å². The molecule has 0 bridgehead atoms. The maximum Gasteiger partial charge on any atom is 0.234 e. The topological polar surface area (TPSA) is 78.8 Å². The number of fused-ring (bicyclic) bond motifs is 1. The van der Waals surface area contributed by atoms with Crippen LogP contribution < -0.4 is 10.2 Å². The van der Waals surface area contributed by atoms with E-state index in [4.69, 9.17) is 0 Å². The summed E-state index contributed by atoms with van der Waals surface area (Å²) in [7, 11) is -3.22. The summed E-state index contributed by atoms with van der Waals surface area (Å²) in [5, 5.41) is 3.26. The number of sulfone groups is 1. The molecule has 2 unspecified atom stereocenters. The third kappa shape index (κ3) is 4.49. The Balaban J connectivity index is 1.51. The quantitative estimate of drug-likeness (QED) is 0.700. The van der Waals surface area contributed by atoms with Crippen LogP contribution in [0.1, 0.15) is 0 Å². The van der Waals surface area contributed by atoms with Crippen molar-refractivity contribution < 1.29 is 17.6 Å². The number of carbonyl (C=O) groups excluding carboxylic acids is 1. The fourth-order valence-electron chi connectivity index (χ4n) is 3.42. The van der Waals surface area contributed by atoms with Gasteiger partial charge in [0.05, 0.1) is 35.0 Å². The van der Waals surface area contributed by atoms with Crippen molar-refractivity contribution in [2.45, 2.75) is 12.1 Å². The first-order chi connectivity index (χ1) is 13.8. The number of thioether (sulfide) groups is 1. The highest BCUT2D eigenvalue weighted by molar-refractivity contribution is 9.10. The van der Waals surface area contributed by atoms with E-state index in [0.717, 1.165) is 4.47 Å². The van der Waals surface area contributed by atoms with Crippen LogP contribution in [0.2, 0.25) is 0 Å². The zero-order valence-corrected chi connectivity index (χ0v) is 18.3. The van der Waals surface area contributed by atoms with Gasteiger partial charge in [-0.05, 0) is 36.4 Å². The molecule has 0 spiro atoms. The Morgan fingerprint density at radius 3 is 2.66 bits per heavy atom. The van der Waals surface area contributed by atoms with Crippen molar-refractivity contribution in [3.05, 3.63) is 58.8 Å². The minimum absolute atomic E-state index is 0.0578. The lowest BCUT2D eigenvalue weighted by Gasteiger charge is -2.26. The predicted octanol–water partition coefficient (Wildman–Crippen LogP) is 3.30. The Labute approximate surface area is 180 Å². The second-order valence-electron chi connectivity index (χ2n) is 6.79. The summed E-state index contributed by atoms with van der Waals surface area (Å²) < 4.78 is 39.4. The summed E-state index contributed by atoms with van der Waals surface area (Å²) in [6.07, 6.45) is 0. The molecule has 6 nitrogen and oxygen atoms in total. The maximum absolute atomic E-state index is 14.4. The molecule has 1 amide bonds. The molecule has 0 radical (unpaired) electrons. The summed E-state index contributed by atoms with van der Waals surface area (Å²) >= 11 is 4.52. The number of amides is 1. The largest absolute Gasteiger partial charge is 0.325 e. The van der Waals surface area contributed by atoms with Gasteiger partial charge in [0.25, 0.3) is 0 Å². The fourth-order valence-corrected chi connectivity index (χ4v) is 6.45. The van der Waals surface area contributed by atoms with Crippen molar-refractivity contribution in [3.8, 4) is 0 Å². The van der Waals surface area contributed by atoms with E-state index in [9.17, 15) is 17.6 Å². The van der Waals surface area contributed by atoms with E-state index in [1.54, 1.807) is 35.2 Å². The van der Waals surface area contributed by atoms with Crippen molar-refractivity contribution in [2.24, 2.45) is 4.99 Å². The molecule has 2 aliphatic rings. The number of nitrogens with zero attached hydrogens (tertiary/aromatic N) is 2. The van der Waals surface area contributed by atoms with Gasteiger partial charge in [-0.1, -0.05) is 39.8 Å². The second-order valence-corrected chi connectivity index (χ2v) is 10.8. The molecule has 1 saturated heterocycles. The fraction of sp³-hybridized carbons (Fsp3) is 0.263. The molecule has 2 atom stereocenters. The number of halogens is 2. The molecular weight excluding hydrogens is 481 g/mol. The molecule has 1 fully saturated rings. The third-order valence-electron chi connectivity index (χ3n) is 4.68. The van der Waals surface area contributed by atoms with Gasteiger partial charge in [0.1, 0.15) is 5.82 Å².